The van der Waals surface area contributed by atoms with Gasteiger partial charge in [-0.2, -0.15) is 0 Å². The van der Waals surface area contributed by atoms with Crippen molar-refractivity contribution in [3.63, 3.8) is 0 Å². The van der Waals surface area contributed by atoms with Crippen molar-refractivity contribution in [2.24, 2.45) is 5.92 Å². The number of hydrogen-bond acceptors (Lipinski definition) is 5. The Morgan fingerprint density at radius 3 is 2.73 bits per heavy atom. The number of aryl methyl sites for hydroxylation is 2. The summed E-state index contributed by atoms with van der Waals surface area (Å²) in [6.07, 6.45) is 2.86. The van der Waals surface area contributed by atoms with Gasteiger partial charge in [-0.3, -0.25) is 9.59 Å². The zero-order chi connectivity index (χ0) is 21.5. The Labute approximate surface area is 177 Å². The summed E-state index contributed by atoms with van der Waals surface area (Å²) in [6.45, 7) is 4.72. The quantitative estimate of drug-likeness (QED) is 0.531. The molecule has 3 atom stereocenters. The molecule has 1 aliphatic heterocycles. The number of carbonyl (C=O) groups excluding carboxylic acids is 2. The molecule has 1 aliphatic rings. The monoisotopic (exact) mass is 409 g/mol. The molecule has 1 fully saturated rings. The van der Waals surface area contributed by atoms with E-state index in [0.717, 1.165) is 37.1 Å². The summed E-state index contributed by atoms with van der Waals surface area (Å²) >= 11 is 0. The smallest absolute Gasteiger partial charge is 0.242 e. The van der Waals surface area contributed by atoms with Crippen molar-refractivity contribution in [1.82, 2.24) is 20.9 Å². The number of amides is 2. The van der Waals surface area contributed by atoms with Crippen LogP contribution in [-0.2, 0) is 22.6 Å². The number of hydrogen-bond donors (Lipinski definition) is 4. The second-order valence-corrected chi connectivity index (χ2v) is 8.02. The van der Waals surface area contributed by atoms with Crippen LogP contribution in [0.5, 0.6) is 0 Å². The third-order valence-electron chi connectivity index (χ3n) is 5.64. The maximum atomic E-state index is 12.6. The maximum absolute atomic E-state index is 12.6. The minimum absolute atomic E-state index is 0.120. The van der Waals surface area contributed by atoms with E-state index in [2.05, 4.69) is 45.2 Å². The molecule has 2 aromatic rings. The van der Waals surface area contributed by atoms with Gasteiger partial charge in [-0.1, -0.05) is 36.4 Å². The third kappa shape index (κ3) is 6.03. The number of nitrogen functional groups attached to an aromatic ring is 1. The Kier molecular flexibility index (Phi) is 7.41. The highest BCUT2D eigenvalue weighted by molar-refractivity contribution is 5.89. The lowest BCUT2D eigenvalue weighted by Gasteiger charge is -2.17. The van der Waals surface area contributed by atoms with E-state index in [1.54, 1.807) is 13.0 Å². The summed E-state index contributed by atoms with van der Waals surface area (Å²) in [5.41, 5.74) is 8.65. The van der Waals surface area contributed by atoms with Crippen molar-refractivity contribution >= 4 is 17.6 Å². The number of nitrogens with two attached hydrogens (primary N) is 1. The second-order valence-electron chi connectivity index (χ2n) is 8.02. The summed E-state index contributed by atoms with van der Waals surface area (Å²) in [6, 6.07) is 13.1. The number of aromatic nitrogens is 1. The number of nitrogens with zero attached hydrogens (tertiary/aromatic N) is 1. The Morgan fingerprint density at radius 2 is 2.00 bits per heavy atom. The number of pyridine rings is 1. The molecule has 0 saturated carbocycles. The van der Waals surface area contributed by atoms with Crippen LogP contribution < -0.4 is 21.7 Å². The first kappa shape index (κ1) is 21.8. The molecule has 0 bridgehead atoms. The van der Waals surface area contributed by atoms with Gasteiger partial charge < -0.3 is 21.7 Å². The van der Waals surface area contributed by atoms with Crippen LogP contribution in [0, 0.1) is 12.8 Å². The highest BCUT2D eigenvalue weighted by Crippen LogP contribution is 2.20. The van der Waals surface area contributed by atoms with Crippen LogP contribution in [0.1, 0.15) is 36.6 Å². The summed E-state index contributed by atoms with van der Waals surface area (Å²) in [5, 5.41) is 8.97. The highest BCUT2D eigenvalue weighted by atomic mass is 16.2. The predicted octanol–water partition coefficient (Wildman–Crippen LogP) is 1.70. The van der Waals surface area contributed by atoms with Crippen molar-refractivity contribution in [2.75, 3.05) is 12.3 Å². The molecular formula is C23H31N5O2. The van der Waals surface area contributed by atoms with Crippen molar-refractivity contribution in [3.8, 4) is 0 Å². The first-order valence-electron chi connectivity index (χ1n) is 10.5. The third-order valence-corrected chi connectivity index (χ3v) is 5.64. The van der Waals surface area contributed by atoms with E-state index in [-0.39, 0.29) is 17.9 Å². The van der Waals surface area contributed by atoms with E-state index < -0.39 is 6.04 Å². The van der Waals surface area contributed by atoms with Gasteiger partial charge in [0, 0.05) is 12.2 Å². The fourth-order valence-corrected chi connectivity index (χ4v) is 3.76. The molecular weight excluding hydrogens is 378 g/mol. The maximum Gasteiger partial charge on any atom is 0.242 e. The molecule has 0 spiro atoms. The van der Waals surface area contributed by atoms with Crippen LogP contribution in [-0.4, -0.2) is 35.4 Å². The molecule has 0 aliphatic carbocycles. The SMILES string of the molecule is Cc1nc(N)ccc1CNC(=O)[C@H](C)NC(=O)[C@H]1C[C@@H](CCc2ccccc2)CN1. The molecule has 3 rings (SSSR count). The molecule has 5 N–H and O–H groups in total. The van der Waals surface area contributed by atoms with Gasteiger partial charge in [-0.15, -0.1) is 0 Å². The van der Waals surface area contributed by atoms with E-state index in [1.165, 1.54) is 5.56 Å². The lowest BCUT2D eigenvalue weighted by molar-refractivity contribution is -0.129. The first-order chi connectivity index (χ1) is 14.4. The minimum atomic E-state index is -0.607. The van der Waals surface area contributed by atoms with Crippen molar-refractivity contribution in [1.29, 1.82) is 0 Å². The van der Waals surface area contributed by atoms with Gasteiger partial charge in [0.15, 0.2) is 0 Å². The van der Waals surface area contributed by atoms with E-state index >= 15 is 0 Å². The number of anilines is 1. The van der Waals surface area contributed by atoms with Crippen LogP contribution in [0.15, 0.2) is 42.5 Å². The molecule has 1 saturated heterocycles. The van der Waals surface area contributed by atoms with Crippen LogP contribution in [0.3, 0.4) is 0 Å². The number of carbonyl (C=O) groups is 2. The summed E-state index contributed by atoms with van der Waals surface area (Å²) in [7, 11) is 0. The van der Waals surface area contributed by atoms with Crippen molar-refractivity contribution in [2.45, 2.75) is 51.7 Å². The fourth-order valence-electron chi connectivity index (χ4n) is 3.76. The Hall–Kier alpha value is -2.93. The van der Waals surface area contributed by atoms with Crippen LogP contribution >= 0.6 is 0 Å². The van der Waals surface area contributed by atoms with Gasteiger partial charge in [0.25, 0.3) is 0 Å². The summed E-state index contributed by atoms with van der Waals surface area (Å²) < 4.78 is 0. The van der Waals surface area contributed by atoms with Gasteiger partial charge in [-0.25, -0.2) is 4.98 Å². The topological polar surface area (TPSA) is 109 Å². The van der Waals surface area contributed by atoms with Gasteiger partial charge in [0.2, 0.25) is 11.8 Å². The van der Waals surface area contributed by atoms with E-state index in [4.69, 9.17) is 5.73 Å². The van der Waals surface area contributed by atoms with Crippen LogP contribution in [0.2, 0.25) is 0 Å². The Bertz CT molecular complexity index is 871. The van der Waals surface area contributed by atoms with Gasteiger partial charge >= 0.3 is 0 Å². The molecule has 0 radical (unpaired) electrons. The minimum Gasteiger partial charge on any atom is -0.384 e. The zero-order valence-corrected chi connectivity index (χ0v) is 17.7. The molecule has 1 aromatic heterocycles. The van der Waals surface area contributed by atoms with Crippen molar-refractivity contribution in [3.05, 3.63) is 59.3 Å². The molecule has 30 heavy (non-hydrogen) atoms. The number of benzene rings is 1. The molecule has 2 heterocycles. The van der Waals surface area contributed by atoms with Crippen LogP contribution in [0.25, 0.3) is 0 Å². The molecule has 7 heteroatoms. The first-order valence-corrected chi connectivity index (χ1v) is 10.5. The summed E-state index contributed by atoms with van der Waals surface area (Å²) in [4.78, 5) is 29.1. The molecule has 7 nitrogen and oxygen atoms in total. The molecule has 1 aromatic carbocycles. The highest BCUT2D eigenvalue weighted by Gasteiger charge is 2.30. The Morgan fingerprint density at radius 1 is 1.23 bits per heavy atom. The summed E-state index contributed by atoms with van der Waals surface area (Å²) in [5.74, 6) is 0.573. The average molecular weight is 410 g/mol. The normalized spacial score (nSPS) is 19.3. The average Bonchev–Trinajstić information content (AvgIpc) is 3.21. The van der Waals surface area contributed by atoms with E-state index in [0.29, 0.717) is 18.3 Å². The Balaban J connectivity index is 1.40. The van der Waals surface area contributed by atoms with E-state index in [9.17, 15) is 9.59 Å². The molecule has 0 unspecified atom stereocenters. The predicted molar refractivity (Wildman–Crippen MR) is 117 cm³/mol. The second kappa shape index (κ2) is 10.2. The lowest BCUT2D eigenvalue weighted by Crippen LogP contribution is -2.50. The van der Waals surface area contributed by atoms with Crippen molar-refractivity contribution < 1.29 is 9.59 Å². The lowest BCUT2D eigenvalue weighted by atomic mass is 9.96. The zero-order valence-electron chi connectivity index (χ0n) is 17.7. The van der Waals surface area contributed by atoms with Gasteiger partial charge in [0.05, 0.1) is 6.04 Å². The number of nitrogens with one attached hydrogen (secondary N) is 3. The largest absolute Gasteiger partial charge is 0.384 e. The molecule has 160 valence electrons. The fraction of sp³-hybridized carbons (Fsp3) is 0.435. The van der Waals surface area contributed by atoms with Gasteiger partial charge in [-0.05, 0) is 62.8 Å². The van der Waals surface area contributed by atoms with Gasteiger partial charge in [0.1, 0.15) is 11.9 Å². The molecule has 2 amide bonds. The standard InChI is InChI=1S/C23H31N5O2/c1-15-19(10-11-21(24)27-15)14-26-22(29)16(2)28-23(30)20-12-18(13-25-20)9-8-17-6-4-3-5-7-17/h3-7,10-11,16,18,20,25H,8-9,12-14H2,1-2H3,(H2,24,27)(H,26,29)(H,28,30)/t16-,18+,20+/m0/s1. The van der Waals surface area contributed by atoms with E-state index in [1.807, 2.05) is 19.1 Å². The number of rotatable bonds is 8. The van der Waals surface area contributed by atoms with Crippen LogP contribution in [0.4, 0.5) is 5.82 Å².